The number of ether oxygens (including phenoxy) is 2. The summed E-state index contributed by atoms with van der Waals surface area (Å²) in [6, 6.07) is 38.7. The minimum atomic E-state index is -0.284. The highest BCUT2D eigenvalue weighted by Gasteiger charge is 2.33. The zero-order chi connectivity index (χ0) is 30.3. The first-order valence-electron chi connectivity index (χ1n) is 15.1. The molecule has 0 amide bonds. The molecule has 8 rings (SSSR count). The lowest BCUT2D eigenvalue weighted by molar-refractivity contribution is 0.307. The molecule has 1 aromatic heterocycles. The number of allylic oxidation sites excluding steroid dienone is 1. The molecule has 0 radical (unpaired) electrons. The average molecular weight is 607 g/mol. The highest BCUT2D eigenvalue weighted by molar-refractivity contribution is 7.07. The van der Waals surface area contributed by atoms with Gasteiger partial charge in [0.2, 0.25) is 0 Å². The largest absolute Gasteiger partial charge is 0.496 e. The van der Waals surface area contributed by atoms with E-state index in [9.17, 15) is 4.79 Å². The van der Waals surface area contributed by atoms with Crippen molar-refractivity contribution in [2.24, 2.45) is 4.99 Å². The maximum Gasteiger partial charge on any atom is 0.271 e. The van der Waals surface area contributed by atoms with Crippen molar-refractivity contribution in [1.82, 2.24) is 4.57 Å². The minimum Gasteiger partial charge on any atom is -0.496 e. The lowest BCUT2D eigenvalue weighted by Gasteiger charge is -2.31. The molecule has 0 fully saturated rings. The Morgan fingerprint density at radius 3 is 2.53 bits per heavy atom. The van der Waals surface area contributed by atoms with E-state index in [0.717, 1.165) is 57.9 Å². The Kier molecular flexibility index (Phi) is 6.92. The van der Waals surface area contributed by atoms with E-state index in [1.807, 2.05) is 53.1 Å². The normalized spacial score (nSPS) is 15.7. The van der Waals surface area contributed by atoms with E-state index in [-0.39, 0.29) is 11.6 Å². The highest BCUT2D eigenvalue weighted by Crippen LogP contribution is 2.43. The monoisotopic (exact) mass is 606 g/mol. The second-order valence-corrected chi connectivity index (χ2v) is 12.4. The van der Waals surface area contributed by atoms with Crippen molar-refractivity contribution in [3.05, 3.63) is 168 Å². The molecule has 0 unspecified atom stereocenters. The highest BCUT2D eigenvalue weighted by atomic mass is 32.1. The molecule has 220 valence electrons. The molecule has 1 aliphatic heterocycles. The van der Waals surface area contributed by atoms with Gasteiger partial charge >= 0.3 is 0 Å². The van der Waals surface area contributed by atoms with Gasteiger partial charge in [-0.1, -0.05) is 108 Å². The Hall–Kier alpha value is -5.20. The summed E-state index contributed by atoms with van der Waals surface area (Å²) in [5.41, 5.74) is 7.58. The second kappa shape index (κ2) is 11.4. The molecule has 5 nitrogen and oxygen atoms in total. The van der Waals surface area contributed by atoms with Gasteiger partial charge in [-0.2, -0.15) is 0 Å². The first-order chi connectivity index (χ1) is 22.2. The summed E-state index contributed by atoms with van der Waals surface area (Å²) in [6.45, 7) is 0.482. The zero-order valence-electron chi connectivity index (χ0n) is 24.8. The standard InChI is InChI=1S/C39H30N2O3S/c1-43-34-16-7-6-15-32(34)37-33-22-19-27-10-3-5-14-31(27)36(33)40-39-41(37)38(42)35(45-39)23-25-17-20-29(21-18-25)44-24-28-12-8-11-26-9-2-4-13-30(26)28/h2-18,20-21,23,37H,19,22,24H2,1H3/b35-23+/t37-/m1/s1. The fraction of sp³-hybridized carbons (Fsp3) is 0.128. The molecule has 0 saturated carbocycles. The minimum absolute atomic E-state index is 0.0450. The van der Waals surface area contributed by atoms with Crippen LogP contribution in [0.5, 0.6) is 11.5 Å². The van der Waals surface area contributed by atoms with Crippen LogP contribution >= 0.6 is 11.3 Å². The molecule has 0 bridgehead atoms. The smallest absolute Gasteiger partial charge is 0.271 e. The Balaban J connectivity index is 1.16. The summed E-state index contributed by atoms with van der Waals surface area (Å²) in [6.07, 6.45) is 3.70. The maximum absolute atomic E-state index is 14.1. The summed E-state index contributed by atoms with van der Waals surface area (Å²) < 4.78 is 14.5. The SMILES string of the molecule is COc1ccccc1[C@@H]1C2=C(N=c3s/c(=C/c4ccc(OCc5cccc6ccccc56)cc4)c(=O)n31)c1ccccc1CC2. The third-order valence-electron chi connectivity index (χ3n) is 8.76. The van der Waals surface area contributed by atoms with Crippen molar-refractivity contribution in [2.75, 3.05) is 7.11 Å². The third-order valence-corrected chi connectivity index (χ3v) is 9.74. The van der Waals surface area contributed by atoms with Crippen LogP contribution in [-0.4, -0.2) is 11.7 Å². The van der Waals surface area contributed by atoms with E-state index >= 15 is 0 Å². The summed E-state index contributed by atoms with van der Waals surface area (Å²) in [4.78, 5) is 20.0. The summed E-state index contributed by atoms with van der Waals surface area (Å²) in [7, 11) is 1.68. The van der Waals surface area contributed by atoms with Crippen molar-refractivity contribution >= 4 is 33.9 Å². The van der Waals surface area contributed by atoms with E-state index in [1.165, 1.54) is 27.7 Å². The van der Waals surface area contributed by atoms with Gasteiger partial charge < -0.3 is 9.47 Å². The van der Waals surface area contributed by atoms with Crippen LogP contribution in [0.2, 0.25) is 0 Å². The molecular formula is C39H30N2O3S. The van der Waals surface area contributed by atoms with Gasteiger partial charge in [-0.25, -0.2) is 4.99 Å². The van der Waals surface area contributed by atoms with E-state index < -0.39 is 0 Å². The first-order valence-corrected chi connectivity index (χ1v) is 15.9. The Morgan fingerprint density at radius 1 is 0.867 bits per heavy atom. The third kappa shape index (κ3) is 4.88. The number of methoxy groups -OCH3 is 1. The van der Waals surface area contributed by atoms with Gasteiger partial charge in [-0.3, -0.25) is 9.36 Å². The molecule has 5 aromatic carbocycles. The van der Waals surface area contributed by atoms with Crippen molar-refractivity contribution in [3.8, 4) is 11.5 Å². The van der Waals surface area contributed by atoms with Crippen LogP contribution in [0, 0.1) is 0 Å². The van der Waals surface area contributed by atoms with Crippen molar-refractivity contribution < 1.29 is 9.47 Å². The van der Waals surface area contributed by atoms with Crippen LogP contribution in [0.3, 0.4) is 0 Å². The van der Waals surface area contributed by atoms with Crippen LogP contribution in [0.25, 0.3) is 22.5 Å². The number of hydrogen-bond donors (Lipinski definition) is 0. The van der Waals surface area contributed by atoms with Crippen LogP contribution in [0.1, 0.15) is 40.3 Å². The topological polar surface area (TPSA) is 52.8 Å². The number of fused-ring (bicyclic) bond motifs is 4. The quantitative estimate of drug-likeness (QED) is 0.204. The van der Waals surface area contributed by atoms with Crippen LogP contribution < -0.4 is 24.4 Å². The molecule has 2 heterocycles. The first kappa shape index (κ1) is 27.4. The lowest BCUT2D eigenvalue weighted by Crippen LogP contribution is -2.38. The van der Waals surface area contributed by atoms with Gasteiger partial charge in [0.15, 0.2) is 4.80 Å². The second-order valence-electron chi connectivity index (χ2n) is 11.4. The number of benzene rings is 5. The fourth-order valence-electron chi connectivity index (χ4n) is 6.58. The Morgan fingerprint density at radius 2 is 1.64 bits per heavy atom. The molecule has 0 spiro atoms. The molecule has 45 heavy (non-hydrogen) atoms. The lowest BCUT2D eigenvalue weighted by atomic mass is 9.83. The van der Waals surface area contributed by atoms with E-state index in [0.29, 0.717) is 15.9 Å². The van der Waals surface area contributed by atoms with E-state index in [4.69, 9.17) is 14.5 Å². The molecule has 6 heteroatoms. The van der Waals surface area contributed by atoms with Gasteiger partial charge in [0.25, 0.3) is 5.56 Å². The molecule has 0 N–H and O–H groups in total. The molecular weight excluding hydrogens is 577 g/mol. The number of para-hydroxylation sites is 1. The number of thiazole rings is 1. The molecule has 1 aliphatic carbocycles. The van der Waals surface area contributed by atoms with Crippen LogP contribution in [0.15, 0.2) is 131 Å². The number of hydrogen-bond acceptors (Lipinski definition) is 5. The van der Waals surface area contributed by atoms with E-state index in [2.05, 4.69) is 72.8 Å². The average Bonchev–Trinajstić information content (AvgIpc) is 3.40. The predicted octanol–water partition coefficient (Wildman–Crippen LogP) is 7.06. The van der Waals surface area contributed by atoms with Crippen LogP contribution in [0.4, 0.5) is 0 Å². The molecule has 2 aliphatic rings. The molecule has 0 saturated heterocycles. The van der Waals surface area contributed by atoms with E-state index in [1.54, 1.807) is 7.11 Å². The maximum atomic E-state index is 14.1. The van der Waals surface area contributed by atoms with Crippen LogP contribution in [-0.2, 0) is 13.0 Å². The molecule has 6 aromatic rings. The van der Waals surface area contributed by atoms with Crippen molar-refractivity contribution in [3.63, 3.8) is 0 Å². The van der Waals surface area contributed by atoms with Gasteiger partial charge in [0, 0.05) is 11.1 Å². The summed E-state index contributed by atoms with van der Waals surface area (Å²) >= 11 is 1.43. The Labute approximate surface area is 264 Å². The van der Waals surface area contributed by atoms with Crippen molar-refractivity contribution in [2.45, 2.75) is 25.5 Å². The van der Waals surface area contributed by atoms with Gasteiger partial charge in [-0.15, -0.1) is 0 Å². The zero-order valence-corrected chi connectivity index (χ0v) is 25.6. The van der Waals surface area contributed by atoms with Gasteiger partial charge in [0.1, 0.15) is 18.1 Å². The summed E-state index contributed by atoms with van der Waals surface area (Å²) in [5, 5.41) is 2.40. The number of nitrogens with zero attached hydrogens (tertiary/aromatic N) is 2. The fourth-order valence-corrected chi connectivity index (χ4v) is 7.58. The van der Waals surface area contributed by atoms with Gasteiger partial charge in [0.05, 0.1) is 23.4 Å². The summed E-state index contributed by atoms with van der Waals surface area (Å²) in [5.74, 6) is 1.55. The Bertz CT molecular complexity index is 2290. The van der Waals surface area contributed by atoms with Gasteiger partial charge in [-0.05, 0) is 70.2 Å². The van der Waals surface area contributed by atoms with Crippen molar-refractivity contribution in [1.29, 1.82) is 0 Å². The number of rotatable bonds is 6. The number of aromatic nitrogens is 1. The number of aryl methyl sites for hydroxylation is 1. The molecule has 1 atom stereocenters. The predicted molar refractivity (Wildman–Crippen MR) is 180 cm³/mol.